The van der Waals surface area contributed by atoms with E-state index >= 15 is 0 Å². The predicted molar refractivity (Wildman–Crippen MR) is 357 cm³/mol. The van der Waals surface area contributed by atoms with Gasteiger partial charge in [0, 0.05) is 19.3 Å². The van der Waals surface area contributed by atoms with Crippen molar-refractivity contribution < 1.29 is 28.6 Å². The molecule has 0 saturated heterocycles. The first-order chi connectivity index (χ1) is 40.5. The zero-order valence-corrected chi connectivity index (χ0v) is 54.2. The molecule has 0 radical (unpaired) electrons. The Labute approximate surface area is 508 Å². The number of esters is 3. The van der Waals surface area contributed by atoms with Crippen LogP contribution in [0.1, 0.15) is 348 Å². The van der Waals surface area contributed by atoms with E-state index in [2.05, 4.69) is 118 Å². The molecule has 472 valence electrons. The maximum absolute atomic E-state index is 12.9. The van der Waals surface area contributed by atoms with Crippen LogP contribution in [0.15, 0.2) is 97.2 Å². The average molecular weight is 1140 g/mol. The van der Waals surface area contributed by atoms with Gasteiger partial charge in [-0.1, -0.05) is 330 Å². The van der Waals surface area contributed by atoms with Gasteiger partial charge in [-0.25, -0.2) is 0 Å². The van der Waals surface area contributed by atoms with Gasteiger partial charge < -0.3 is 14.2 Å². The molecule has 0 aliphatic heterocycles. The molecule has 0 spiro atoms. The molecule has 1 unspecified atom stereocenters. The molecule has 0 fully saturated rings. The highest BCUT2D eigenvalue weighted by molar-refractivity contribution is 5.71. The van der Waals surface area contributed by atoms with E-state index in [4.69, 9.17) is 14.2 Å². The van der Waals surface area contributed by atoms with Gasteiger partial charge in [0.05, 0.1) is 0 Å². The van der Waals surface area contributed by atoms with E-state index in [1.165, 1.54) is 186 Å². The minimum atomic E-state index is -0.780. The Morgan fingerprint density at radius 1 is 0.256 bits per heavy atom. The lowest BCUT2D eigenvalue weighted by Gasteiger charge is -2.18. The van der Waals surface area contributed by atoms with Crippen LogP contribution < -0.4 is 0 Å². The Morgan fingerprint density at radius 3 is 0.793 bits per heavy atom. The van der Waals surface area contributed by atoms with E-state index in [0.717, 1.165) is 122 Å². The SMILES string of the molecule is CC/C=C\C/C=C\C/C=C\C/C=C\C/C=C\C/C=C\CCCCCCCCCCCCCCCCCCC(=O)OCC(COC(=O)CCCCCCC/C=C\C/C=C\CCC)OC(=O)CCCCCCCCCCCCCCCCCC. The Kier molecular flexibility index (Phi) is 66.7. The largest absolute Gasteiger partial charge is 0.462 e. The van der Waals surface area contributed by atoms with Crippen molar-refractivity contribution in [1.29, 1.82) is 0 Å². The molecule has 0 rings (SSSR count). The lowest BCUT2D eigenvalue weighted by molar-refractivity contribution is -0.167. The highest BCUT2D eigenvalue weighted by Crippen LogP contribution is 2.18. The van der Waals surface area contributed by atoms with Crippen molar-refractivity contribution in [2.24, 2.45) is 0 Å². The minimum Gasteiger partial charge on any atom is -0.462 e. The molecule has 0 heterocycles. The second-order valence-corrected chi connectivity index (χ2v) is 23.4. The molecule has 0 aliphatic carbocycles. The summed E-state index contributed by atoms with van der Waals surface area (Å²) in [4.78, 5) is 38.3. The first-order valence-electron chi connectivity index (χ1n) is 35.2. The van der Waals surface area contributed by atoms with Gasteiger partial charge in [0.2, 0.25) is 0 Å². The number of allylic oxidation sites excluding steroid dienone is 16. The van der Waals surface area contributed by atoms with Gasteiger partial charge in [0.1, 0.15) is 13.2 Å². The third-order valence-corrected chi connectivity index (χ3v) is 15.3. The zero-order chi connectivity index (χ0) is 59.2. The summed E-state index contributed by atoms with van der Waals surface area (Å²) >= 11 is 0. The van der Waals surface area contributed by atoms with Crippen LogP contribution in [0.25, 0.3) is 0 Å². The summed E-state index contributed by atoms with van der Waals surface area (Å²) in [7, 11) is 0. The predicted octanol–water partition coefficient (Wildman–Crippen LogP) is 24.4. The summed E-state index contributed by atoms with van der Waals surface area (Å²) in [6.45, 7) is 6.49. The smallest absolute Gasteiger partial charge is 0.306 e. The van der Waals surface area contributed by atoms with E-state index in [-0.39, 0.29) is 31.1 Å². The summed E-state index contributed by atoms with van der Waals surface area (Å²) in [5.74, 6) is -0.873. The molecular weight excluding hydrogens is 1010 g/mol. The Hall–Kier alpha value is -3.67. The second kappa shape index (κ2) is 69.8. The van der Waals surface area contributed by atoms with Crippen LogP contribution in [0.3, 0.4) is 0 Å². The van der Waals surface area contributed by atoms with Crippen LogP contribution in [-0.4, -0.2) is 37.2 Å². The number of ether oxygens (including phenoxy) is 3. The van der Waals surface area contributed by atoms with Gasteiger partial charge in [-0.2, -0.15) is 0 Å². The summed E-state index contributed by atoms with van der Waals surface area (Å²) in [6.07, 6.45) is 94.4. The van der Waals surface area contributed by atoms with Crippen LogP contribution in [0.2, 0.25) is 0 Å². The third-order valence-electron chi connectivity index (χ3n) is 15.3. The molecule has 0 aromatic heterocycles. The lowest BCUT2D eigenvalue weighted by Crippen LogP contribution is -2.30. The number of carbonyl (C=O) groups is 3. The topological polar surface area (TPSA) is 78.9 Å². The van der Waals surface area contributed by atoms with Crippen LogP contribution in [0, 0.1) is 0 Å². The van der Waals surface area contributed by atoms with Gasteiger partial charge in [0.15, 0.2) is 6.10 Å². The zero-order valence-electron chi connectivity index (χ0n) is 54.2. The van der Waals surface area contributed by atoms with Crippen molar-refractivity contribution >= 4 is 17.9 Å². The highest BCUT2D eigenvalue weighted by Gasteiger charge is 2.19. The number of hydrogen-bond acceptors (Lipinski definition) is 6. The molecule has 0 amide bonds. The molecule has 6 nitrogen and oxygen atoms in total. The number of rotatable bonds is 64. The maximum atomic E-state index is 12.9. The Morgan fingerprint density at radius 2 is 0.500 bits per heavy atom. The van der Waals surface area contributed by atoms with Gasteiger partial charge >= 0.3 is 17.9 Å². The molecular formula is C76H132O6. The molecule has 0 saturated carbocycles. The fourth-order valence-corrected chi connectivity index (χ4v) is 10.1. The number of hydrogen-bond donors (Lipinski definition) is 0. The Bertz CT molecular complexity index is 1590. The monoisotopic (exact) mass is 1140 g/mol. The molecule has 0 bridgehead atoms. The van der Waals surface area contributed by atoms with Crippen molar-refractivity contribution in [2.75, 3.05) is 13.2 Å². The second-order valence-electron chi connectivity index (χ2n) is 23.4. The summed E-state index contributed by atoms with van der Waals surface area (Å²) in [6, 6.07) is 0. The third kappa shape index (κ3) is 67.1. The molecule has 0 aromatic carbocycles. The summed E-state index contributed by atoms with van der Waals surface area (Å²) in [5.41, 5.74) is 0. The molecule has 0 N–H and O–H groups in total. The molecule has 6 heteroatoms. The lowest BCUT2D eigenvalue weighted by atomic mass is 10.0. The van der Waals surface area contributed by atoms with Crippen molar-refractivity contribution in [3.8, 4) is 0 Å². The van der Waals surface area contributed by atoms with E-state index in [9.17, 15) is 14.4 Å². The van der Waals surface area contributed by atoms with Crippen molar-refractivity contribution in [3.05, 3.63) is 97.2 Å². The standard InChI is InChI=1S/C76H132O6/c1-4-7-10-13-16-19-22-25-27-29-30-31-32-33-34-35-36-37-38-39-40-41-42-43-44-45-46-47-49-51-54-57-60-63-66-69-75(78)81-72-73(71-80-74(77)68-65-62-59-56-53-50-24-21-18-15-12-9-6-3)82-76(79)70-67-64-61-58-55-52-48-28-26-23-20-17-14-11-8-5-2/h7,10,12,15-16,19,21,24-25,27,30-31,33-34,36-37,73H,4-6,8-9,11,13-14,17-18,20,22-23,26,28-29,32,35,38-72H2,1-3H3/b10-7-,15-12-,19-16-,24-21-,27-25-,31-30-,34-33-,37-36-. The number of carbonyl (C=O) groups excluding carboxylic acids is 3. The minimum absolute atomic E-state index is 0.0768. The fraction of sp³-hybridized carbons (Fsp3) is 0.750. The quantitative estimate of drug-likeness (QED) is 0.0261. The highest BCUT2D eigenvalue weighted by atomic mass is 16.6. The van der Waals surface area contributed by atoms with Gasteiger partial charge in [-0.15, -0.1) is 0 Å². The molecule has 82 heavy (non-hydrogen) atoms. The fourth-order valence-electron chi connectivity index (χ4n) is 10.1. The number of unbranched alkanes of at least 4 members (excludes halogenated alkanes) is 37. The van der Waals surface area contributed by atoms with Crippen LogP contribution in [0.5, 0.6) is 0 Å². The average Bonchev–Trinajstić information content (AvgIpc) is 3.47. The molecule has 1 atom stereocenters. The van der Waals surface area contributed by atoms with Crippen molar-refractivity contribution in [3.63, 3.8) is 0 Å². The molecule has 0 aromatic rings. The van der Waals surface area contributed by atoms with Crippen molar-refractivity contribution in [1.82, 2.24) is 0 Å². The Balaban J connectivity index is 4.14. The van der Waals surface area contributed by atoms with Gasteiger partial charge in [-0.05, 0) is 96.3 Å². The van der Waals surface area contributed by atoms with E-state index in [1.807, 2.05) is 0 Å². The van der Waals surface area contributed by atoms with Crippen LogP contribution in [0.4, 0.5) is 0 Å². The van der Waals surface area contributed by atoms with E-state index in [1.54, 1.807) is 0 Å². The van der Waals surface area contributed by atoms with Crippen LogP contribution in [-0.2, 0) is 28.6 Å². The van der Waals surface area contributed by atoms with Crippen LogP contribution >= 0.6 is 0 Å². The van der Waals surface area contributed by atoms with Gasteiger partial charge in [0.25, 0.3) is 0 Å². The summed E-state index contributed by atoms with van der Waals surface area (Å²) in [5, 5.41) is 0. The molecule has 0 aliphatic rings. The van der Waals surface area contributed by atoms with E-state index in [0.29, 0.717) is 19.3 Å². The van der Waals surface area contributed by atoms with Crippen molar-refractivity contribution in [2.45, 2.75) is 354 Å². The maximum Gasteiger partial charge on any atom is 0.306 e. The van der Waals surface area contributed by atoms with Gasteiger partial charge in [-0.3, -0.25) is 14.4 Å². The first-order valence-corrected chi connectivity index (χ1v) is 35.2. The summed E-state index contributed by atoms with van der Waals surface area (Å²) < 4.78 is 16.9. The normalized spacial score (nSPS) is 12.7. The van der Waals surface area contributed by atoms with E-state index < -0.39 is 6.10 Å². The first kappa shape index (κ1) is 78.3.